The minimum atomic E-state index is 0.176. The number of hydrogen-bond donors (Lipinski definition) is 1. The first kappa shape index (κ1) is 19.9. The summed E-state index contributed by atoms with van der Waals surface area (Å²) in [5.41, 5.74) is 3.31. The molecule has 1 N–H and O–H groups in total. The zero-order valence-electron chi connectivity index (χ0n) is 17.7. The van der Waals surface area contributed by atoms with E-state index in [4.69, 9.17) is 5.10 Å². The molecule has 1 saturated carbocycles. The van der Waals surface area contributed by atoms with Crippen LogP contribution in [0.2, 0.25) is 0 Å². The highest BCUT2D eigenvalue weighted by Gasteiger charge is 2.32. The van der Waals surface area contributed by atoms with Crippen LogP contribution in [-0.4, -0.2) is 45.8 Å². The number of fused-ring (bicyclic) bond motifs is 1. The molecular formula is C23H38N4O. The Kier molecular flexibility index (Phi) is 6.71. The number of aryl methyl sites for hydroxylation is 1. The Labute approximate surface area is 170 Å². The van der Waals surface area contributed by atoms with Crippen molar-refractivity contribution in [1.82, 2.24) is 20.0 Å². The summed E-state index contributed by atoms with van der Waals surface area (Å²) in [6, 6.07) is 1.16. The van der Waals surface area contributed by atoms with Gasteiger partial charge in [-0.15, -0.1) is 0 Å². The first-order valence-electron chi connectivity index (χ1n) is 11.9. The van der Waals surface area contributed by atoms with E-state index >= 15 is 0 Å². The van der Waals surface area contributed by atoms with Crippen molar-refractivity contribution >= 4 is 5.91 Å². The highest BCUT2D eigenvalue weighted by atomic mass is 16.2. The van der Waals surface area contributed by atoms with E-state index in [0.717, 1.165) is 51.0 Å². The van der Waals surface area contributed by atoms with Crippen molar-refractivity contribution in [2.45, 2.75) is 109 Å². The fourth-order valence-electron chi connectivity index (χ4n) is 5.47. The molecule has 0 radical (unpaired) electrons. The largest absolute Gasteiger partial charge is 0.337 e. The molecule has 1 aliphatic heterocycles. The number of nitrogens with zero attached hydrogens (tertiary/aromatic N) is 3. The Morgan fingerprint density at radius 3 is 2.36 bits per heavy atom. The van der Waals surface area contributed by atoms with E-state index in [0.29, 0.717) is 12.1 Å². The maximum absolute atomic E-state index is 13.2. The Bertz CT molecular complexity index is 654. The molecule has 156 valence electrons. The predicted octanol–water partition coefficient (Wildman–Crippen LogP) is 4.09. The van der Waals surface area contributed by atoms with Gasteiger partial charge in [-0.2, -0.15) is 5.10 Å². The fraction of sp³-hybridized carbons (Fsp3) is 0.826. The first-order valence-corrected chi connectivity index (χ1v) is 11.9. The number of carbonyl (C=O) groups excluding carboxylic acids is 1. The van der Waals surface area contributed by atoms with E-state index in [1.54, 1.807) is 0 Å². The summed E-state index contributed by atoms with van der Waals surface area (Å²) in [5, 5.41) is 8.77. The van der Waals surface area contributed by atoms with Crippen LogP contribution in [0.3, 0.4) is 0 Å². The van der Waals surface area contributed by atoms with E-state index in [1.807, 2.05) is 4.90 Å². The molecule has 0 spiro atoms. The van der Waals surface area contributed by atoms with Crippen molar-refractivity contribution in [2.75, 3.05) is 13.1 Å². The lowest BCUT2D eigenvalue weighted by Gasteiger charge is -2.31. The predicted molar refractivity (Wildman–Crippen MR) is 113 cm³/mol. The van der Waals surface area contributed by atoms with Crippen LogP contribution in [0.15, 0.2) is 0 Å². The van der Waals surface area contributed by atoms with E-state index in [9.17, 15) is 4.79 Å². The molecule has 0 bridgehead atoms. The van der Waals surface area contributed by atoms with Crippen LogP contribution in [0.25, 0.3) is 0 Å². The van der Waals surface area contributed by atoms with Crippen LogP contribution in [0, 0.1) is 0 Å². The van der Waals surface area contributed by atoms with Crippen molar-refractivity contribution in [1.29, 1.82) is 0 Å². The van der Waals surface area contributed by atoms with Crippen LogP contribution < -0.4 is 5.32 Å². The highest BCUT2D eigenvalue weighted by Crippen LogP contribution is 2.28. The molecule has 1 atom stereocenters. The number of nitrogens with one attached hydrogen (secondary N) is 1. The van der Waals surface area contributed by atoms with Gasteiger partial charge in [-0.25, -0.2) is 0 Å². The Hall–Kier alpha value is -1.36. The highest BCUT2D eigenvalue weighted by molar-refractivity contribution is 5.94. The lowest BCUT2D eigenvalue weighted by Crippen LogP contribution is -2.42. The molecule has 5 heteroatoms. The van der Waals surface area contributed by atoms with Crippen LogP contribution in [0.5, 0.6) is 0 Å². The number of rotatable bonds is 4. The van der Waals surface area contributed by atoms with Gasteiger partial charge in [-0.05, 0) is 58.3 Å². The zero-order chi connectivity index (χ0) is 19.3. The maximum Gasteiger partial charge on any atom is 0.274 e. The lowest BCUT2D eigenvalue weighted by molar-refractivity contribution is 0.0716. The summed E-state index contributed by atoms with van der Waals surface area (Å²) >= 11 is 0. The summed E-state index contributed by atoms with van der Waals surface area (Å²) in [6.07, 6.45) is 16.3. The van der Waals surface area contributed by atoms with Gasteiger partial charge in [0, 0.05) is 43.0 Å². The molecule has 4 rings (SSSR count). The number of likely N-dealkylation sites (tertiary alicyclic amines) is 1. The molecule has 0 aromatic carbocycles. The van der Waals surface area contributed by atoms with Crippen LogP contribution in [0.4, 0.5) is 0 Å². The number of aromatic nitrogens is 2. The van der Waals surface area contributed by atoms with Gasteiger partial charge in [-0.3, -0.25) is 9.48 Å². The van der Waals surface area contributed by atoms with Gasteiger partial charge in [0.25, 0.3) is 5.91 Å². The number of carbonyl (C=O) groups is 1. The third-order valence-electron chi connectivity index (χ3n) is 7.07. The maximum atomic E-state index is 13.2. The van der Waals surface area contributed by atoms with E-state index in [2.05, 4.69) is 16.9 Å². The van der Waals surface area contributed by atoms with Crippen LogP contribution in [0.1, 0.15) is 99.3 Å². The third-order valence-corrected chi connectivity index (χ3v) is 7.07. The molecule has 0 unspecified atom stereocenters. The Morgan fingerprint density at radius 1 is 0.964 bits per heavy atom. The minimum absolute atomic E-state index is 0.176. The van der Waals surface area contributed by atoms with E-state index < -0.39 is 0 Å². The molecule has 1 aromatic rings. The second kappa shape index (κ2) is 9.43. The second-order valence-electron chi connectivity index (χ2n) is 9.09. The van der Waals surface area contributed by atoms with Crippen molar-refractivity contribution < 1.29 is 4.79 Å². The molecule has 1 saturated heterocycles. The van der Waals surface area contributed by atoms with Gasteiger partial charge in [0.05, 0.1) is 0 Å². The molecule has 1 aromatic heterocycles. The Morgan fingerprint density at radius 2 is 1.64 bits per heavy atom. The van der Waals surface area contributed by atoms with Gasteiger partial charge in [0.1, 0.15) is 0 Å². The molecule has 28 heavy (non-hydrogen) atoms. The molecular weight excluding hydrogens is 348 g/mol. The quantitative estimate of drug-likeness (QED) is 0.848. The molecule has 2 aliphatic carbocycles. The third kappa shape index (κ3) is 4.45. The SMILES string of the molecule is CCn1nc(C(=O)N2CCCCC2)c2c1CC[C@H](NC1CCCCCCC1)C2. The molecule has 5 nitrogen and oxygen atoms in total. The van der Waals surface area contributed by atoms with Crippen molar-refractivity contribution in [3.05, 3.63) is 17.0 Å². The van der Waals surface area contributed by atoms with Crippen molar-refractivity contribution in [2.24, 2.45) is 0 Å². The average molecular weight is 387 g/mol. The number of amides is 1. The fourth-order valence-corrected chi connectivity index (χ4v) is 5.47. The number of hydrogen-bond acceptors (Lipinski definition) is 3. The summed E-state index contributed by atoms with van der Waals surface area (Å²) in [7, 11) is 0. The monoisotopic (exact) mass is 386 g/mol. The lowest BCUT2D eigenvalue weighted by atomic mass is 9.89. The number of piperidine rings is 1. The first-order chi connectivity index (χ1) is 13.8. The van der Waals surface area contributed by atoms with Crippen molar-refractivity contribution in [3.8, 4) is 0 Å². The standard InChI is InChI=1S/C23H38N4O/c1-2-27-21-14-13-19(24-18-11-7-4-3-5-8-12-18)17-20(21)22(25-27)23(28)26-15-9-6-10-16-26/h18-19,24H,2-17H2,1H3/t19-/m0/s1. The smallest absolute Gasteiger partial charge is 0.274 e. The van der Waals surface area contributed by atoms with Crippen LogP contribution in [-0.2, 0) is 19.4 Å². The molecule has 2 fully saturated rings. The Balaban J connectivity index is 1.48. The normalized spacial score (nSPS) is 24.5. The second-order valence-corrected chi connectivity index (χ2v) is 9.09. The minimum Gasteiger partial charge on any atom is -0.337 e. The van der Waals surface area contributed by atoms with Crippen molar-refractivity contribution in [3.63, 3.8) is 0 Å². The van der Waals surface area contributed by atoms with Gasteiger partial charge in [0.15, 0.2) is 5.69 Å². The average Bonchev–Trinajstić information content (AvgIpc) is 3.08. The summed E-state index contributed by atoms with van der Waals surface area (Å²) in [4.78, 5) is 15.3. The summed E-state index contributed by atoms with van der Waals surface area (Å²) < 4.78 is 2.10. The van der Waals surface area contributed by atoms with Crippen LogP contribution >= 0.6 is 0 Å². The summed E-state index contributed by atoms with van der Waals surface area (Å²) in [6.45, 7) is 4.80. The molecule has 2 heterocycles. The van der Waals surface area contributed by atoms with Gasteiger partial charge in [0.2, 0.25) is 0 Å². The topological polar surface area (TPSA) is 50.2 Å². The molecule has 1 amide bonds. The summed E-state index contributed by atoms with van der Waals surface area (Å²) in [5.74, 6) is 0.176. The van der Waals surface area contributed by atoms with Gasteiger partial charge >= 0.3 is 0 Å². The molecule has 3 aliphatic rings. The van der Waals surface area contributed by atoms with Gasteiger partial charge in [-0.1, -0.05) is 32.1 Å². The zero-order valence-corrected chi connectivity index (χ0v) is 17.7. The van der Waals surface area contributed by atoms with E-state index in [-0.39, 0.29) is 5.91 Å². The van der Waals surface area contributed by atoms with E-state index in [1.165, 1.54) is 69.0 Å². The van der Waals surface area contributed by atoms with Gasteiger partial charge < -0.3 is 10.2 Å².